The van der Waals surface area contributed by atoms with E-state index in [1.54, 1.807) is 0 Å². The predicted octanol–water partition coefficient (Wildman–Crippen LogP) is 1.18. The summed E-state index contributed by atoms with van der Waals surface area (Å²) in [5.41, 5.74) is 7.41. The van der Waals surface area contributed by atoms with E-state index in [9.17, 15) is 4.79 Å². The molecule has 1 unspecified atom stereocenters. The fourth-order valence-corrected chi connectivity index (χ4v) is 2.89. The van der Waals surface area contributed by atoms with Crippen LogP contribution in [0.4, 0.5) is 5.69 Å². The number of piperidine rings is 1. The second-order valence-corrected chi connectivity index (χ2v) is 5.71. The number of nitrogens with two attached hydrogens (primary N) is 1. The van der Waals surface area contributed by atoms with E-state index >= 15 is 0 Å². The minimum absolute atomic E-state index is 0.00817. The first-order chi connectivity index (χ1) is 10.2. The number of amides is 1. The number of rotatable bonds is 6. The van der Waals surface area contributed by atoms with E-state index in [0.29, 0.717) is 19.0 Å². The molecule has 0 spiro atoms. The molecule has 1 aromatic rings. The van der Waals surface area contributed by atoms with Crippen molar-refractivity contribution in [1.29, 1.82) is 0 Å². The minimum atomic E-state index is 0.00817. The minimum Gasteiger partial charge on any atom is -0.396 e. The Labute approximate surface area is 126 Å². The average Bonchev–Trinajstić information content (AvgIpc) is 2.48. The molecule has 0 saturated carbocycles. The van der Waals surface area contributed by atoms with Gasteiger partial charge in [-0.2, -0.15) is 0 Å². The summed E-state index contributed by atoms with van der Waals surface area (Å²) >= 11 is 0. The maximum absolute atomic E-state index is 12.1. The second-order valence-electron chi connectivity index (χ2n) is 5.71. The van der Waals surface area contributed by atoms with Crippen molar-refractivity contribution in [2.45, 2.75) is 25.8 Å². The molecule has 0 aliphatic carbocycles. The highest BCUT2D eigenvalue weighted by atomic mass is 16.3. The van der Waals surface area contributed by atoms with Gasteiger partial charge in [0.15, 0.2) is 0 Å². The van der Waals surface area contributed by atoms with E-state index in [0.717, 1.165) is 43.6 Å². The Morgan fingerprint density at radius 3 is 3.10 bits per heavy atom. The van der Waals surface area contributed by atoms with Gasteiger partial charge in [-0.15, -0.1) is 0 Å². The lowest BCUT2D eigenvalue weighted by atomic mass is 9.95. The second kappa shape index (κ2) is 8.12. The third-order valence-corrected chi connectivity index (χ3v) is 3.95. The van der Waals surface area contributed by atoms with Gasteiger partial charge in [0, 0.05) is 25.4 Å². The summed E-state index contributed by atoms with van der Waals surface area (Å²) in [4.78, 5) is 14.3. The lowest BCUT2D eigenvalue weighted by Crippen LogP contribution is -2.40. The number of hydrogen-bond donors (Lipinski definition) is 3. The van der Waals surface area contributed by atoms with Gasteiger partial charge in [-0.3, -0.25) is 9.69 Å². The molecule has 0 radical (unpaired) electrons. The van der Waals surface area contributed by atoms with Gasteiger partial charge in [-0.25, -0.2) is 0 Å². The van der Waals surface area contributed by atoms with Crippen molar-refractivity contribution in [3.8, 4) is 0 Å². The maximum Gasteiger partial charge on any atom is 0.238 e. The van der Waals surface area contributed by atoms with Crippen LogP contribution in [-0.4, -0.2) is 42.2 Å². The fourth-order valence-electron chi connectivity index (χ4n) is 2.89. The van der Waals surface area contributed by atoms with Gasteiger partial charge in [-0.1, -0.05) is 12.1 Å². The zero-order valence-electron chi connectivity index (χ0n) is 12.4. The van der Waals surface area contributed by atoms with Crippen molar-refractivity contribution in [3.63, 3.8) is 0 Å². The summed E-state index contributed by atoms with van der Waals surface area (Å²) in [6.45, 7) is 2.97. The van der Waals surface area contributed by atoms with Crippen LogP contribution < -0.4 is 11.1 Å². The molecule has 1 amide bonds. The van der Waals surface area contributed by atoms with Crippen LogP contribution in [0.5, 0.6) is 0 Å². The first kappa shape index (κ1) is 15.9. The predicted molar refractivity (Wildman–Crippen MR) is 83.8 cm³/mol. The monoisotopic (exact) mass is 291 g/mol. The molecule has 116 valence electrons. The zero-order valence-corrected chi connectivity index (χ0v) is 12.4. The molecule has 2 rings (SSSR count). The molecule has 5 heteroatoms. The van der Waals surface area contributed by atoms with Crippen LogP contribution in [0.3, 0.4) is 0 Å². The van der Waals surface area contributed by atoms with E-state index < -0.39 is 0 Å². The number of carbonyl (C=O) groups excluding carboxylic acids is 1. The first-order valence-corrected chi connectivity index (χ1v) is 7.63. The summed E-state index contributed by atoms with van der Waals surface area (Å²) in [6.07, 6.45) is 3.08. The largest absolute Gasteiger partial charge is 0.396 e. The number of anilines is 1. The molecule has 1 aromatic carbocycles. The smallest absolute Gasteiger partial charge is 0.238 e. The van der Waals surface area contributed by atoms with Crippen LogP contribution in [0.15, 0.2) is 24.3 Å². The molecule has 5 nitrogen and oxygen atoms in total. The Morgan fingerprint density at radius 1 is 1.48 bits per heavy atom. The zero-order chi connectivity index (χ0) is 15.1. The molecular weight excluding hydrogens is 266 g/mol. The summed E-state index contributed by atoms with van der Waals surface area (Å²) in [7, 11) is 0. The van der Waals surface area contributed by atoms with Crippen molar-refractivity contribution in [2.24, 2.45) is 11.7 Å². The summed E-state index contributed by atoms with van der Waals surface area (Å²) in [5, 5.41) is 11.9. The third kappa shape index (κ3) is 5.12. The molecule has 1 aliphatic rings. The van der Waals surface area contributed by atoms with Gasteiger partial charge in [0.2, 0.25) is 5.91 Å². The van der Waals surface area contributed by atoms with Gasteiger partial charge in [0.25, 0.3) is 0 Å². The van der Waals surface area contributed by atoms with E-state index in [-0.39, 0.29) is 12.5 Å². The number of hydrogen-bond acceptors (Lipinski definition) is 4. The van der Waals surface area contributed by atoms with Gasteiger partial charge in [0.05, 0.1) is 6.54 Å². The Morgan fingerprint density at radius 2 is 2.33 bits per heavy atom. The molecular formula is C16H25N3O2. The molecule has 1 saturated heterocycles. The van der Waals surface area contributed by atoms with E-state index in [1.807, 2.05) is 24.3 Å². The number of aliphatic hydroxyl groups is 1. The van der Waals surface area contributed by atoms with Crippen LogP contribution >= 0.6 is 0 Å². The van der Waals surface area contributed by atoms with Crippen molar-refractivity contribution >= 4 is 11.6 Å². The number of carbonyl (C=O) groups is 1. The van der Waals surface area contributed by atoms with E-state index in [4.69, 9.17) is 10.8 Å². The van der Waals surface area contributed by atoms with Crippen molar-refractivity contribution in [2.75, 3.05) is 31.6 Å². The quantitative estimate of drug-likeness (QED) is 0.735. The Hall–Kier alpha value is -1.43. The standard InChI is InChI=1S/C16H25N3O2/c17-10-14-3-1-5-15(9-14)18-16(21)12-19-7-2-4-13(11-19)6-8-20/h1,3,5,9,13,20H,2,4,6-8,10-12,17H2,(H,18,21). The molecule has 1 heterocycles. The number of nitrogens with zero attached hydrogens (tertiary/aromatic N) is 1. The molecule has 1 aliphatic heterocycles. The van der Waals surface area contributed by atoms with Crippen LogP contribution in [0.1, 0.15) is 24.8 Å². The Kier molecular flexibility index (Phi) is 6.17. The Balaban J connectivity index is 1.83. The van der Waals surface area contributed by atoms with Gasteiger partial charge < -0.3 is 16.2 Å². The van der Waals surface area contributed by atoms with Crippen molar-refractivity contribution in [1.82, 2.24) is 4.90 Å². The van der Waals surface area contributed by atoms with Crippen LogP contribution in [-0.2, 0) is 11.3 Å². The lowest BCUT2D eigenvalue weighted by Gasteiger charge is -2.31. The van der Waals surface area contributed by atoms with Gasteiger partial charge >= 0.3 is 0 Å². The highest BCUT2D eigenvalue weighted by Crippen LogP contribution is 2.19. The topological polar surface area (TPSA) is 78.6 Å². The lowest BCUT2D eigenvalue weighted by molar-refractivity contribution is -0.117. The SMILES string of the molecule is NCc1cccc(NC(=O)CN2CCCC(CCO)C2)c1. The molecule has 0 aromatic heterocycles. The van der Waals surface area contributed by atoms with Crippen LogP contribution in [0, 0.1) is 5.92 Å². The highest BCUT2D eigenvalue weighted by molar-refractivity contribution is 5.92. The number of likely N-dealkylation sites (tertiary alicyclic amines) is 1. The number of nitrogens with one attached hydrogen (secondary N) is 1. The number of aliphatic hydroxyl groups excluding tert-OH is 1. The average molecular weight is 291 g/mol. The third-order valence-electron chi connectivity index (χ3n) is 3.95. The van der Waals surface area contributed by atoms with Crippen molar-refractivity contribution < 1.29 is 9.90 Å². The van der Waals surface area contributed by atoms with Crippen molar-refractivity contribution in [3.05, 3.63) is 29.8 Å². The number of benzene rings is 1. The summed E-state index contributed by atoms with van der Waals surface area (Å²) in [5.74, 6) is 0.519. The van der Waals surface area contributed by atoms with E-state index in [2.05, 4.69) is 10.2 Å². The van der Waals surface area contributed by atoms with E-state index in [1.165, 1.54) is 0 Å². The maximum atomic E-state index is 12.1. The molecule has 4 N–H and O–H groups in total. The highest BCUT2D eigenvalue weighted by Gasteiger charge is 2.21. The fraction of sp³-hybridized carbons (Fsp3) is 0.562. The summed E-state index contributed by atoms with van der Waals surface area (Å²) < 4.78 is 0. The van der Waals surface area contributed by atoms with Gasteiger partial charge in [-0.05, 0) is 49.4 Å². The Bertz CT molecular complexity index is 463. The van der Waals surface area contributed by atoms with Crippen LogP contribution in [0.25, 0.3) is 0 Å². The normalized spacial score (nSPS) is 19.4. The molecule has 21 heavy (non-hydrogen) atoms. The molecule has 0 bridgehead atoms. The van der Waals surface area contributed by atoms with Gasteiger partial charge in [0.1, 0.15) is 0 Å². The summed E-state index contributed by atoms with van der Waals surface area (Å²) in [6, 6.07) is 7.63. The molecule has 1 fully saturated rings. The molecule has 1 atom stereocenters. The first-order valence-electron chi connectivity index (χ1n) is 7.63. The van der Waals surface area contributed by atoms with Crippen LogP contribution in [0.2, 0.25) is 0 Å².